The van der Waals surface area contributed by atoms with Crippen molar-refractivity contribution in [3.63, 3.8) is 0 Å². The van der Waals surface area contributed by atoms with E-state index in [2.05, 4.69) is 10.6 Å². The van der Waals surface area contributed by atoms with Gasteiger partial charge in [0.25, 0.3) is 11.8 Å². The molecule has 1 aliphatic heterocycles. The Labute approximate surface area is 134 Å². The monoisotopic (exact) mass is 317 g/mol. The van der Waals surface area contributed by atoms with E-state index in [0.29, 0.717) is 11.4 Å². The molecule has 0 fully saturated rings. The number of β-amino-alcohol motifs (C(OH)–C–C–N with tert-alkyl or cyclic N) is 1. The molecule has 3 amide bonds. The second-order valence-electron chi connectivity index (χ2n) is 5.39. The number of benzene rings is 1. The first-order chi connectivity index (χ1) is 10.9. The van der Waals surface area contributed by atoms with Crippen molar-refractivity contribution in [2.24, 2.45) is 5.92 Å². The number of carbonyl (C=O) groups is 3. The number of aliphatic hydroxyl groups is 1. The number of hydrogen-bond acceptors (Lipinski definition) is 5. The fourth-order valence-corrected chi connectivity index (χ4v) is 2.03. The standard InChI is InChI=1S/C16H19N3O4/c1-10(2)15(22)18-12-6-4-3-5-11(12)17-13-9-14(21)19(7-8-20)16(13)23/h3-6,9-10,17,20H,7-8H2,1-2H3,(H,18,22). The molecule has 1 aromatic carbocycles. The van der Waals surface area contributed by atoms with E-state index >= 15 is 0 Å². The van der Waals surface area contributed by atoms with Crippen LogP contribution in [0.4, 0.5) is 11.4 Å². The number of anilines is 2. The lowest BCUT2D eigenvalue weighted by Crippen LogP contribution is -2.34. The molecule has 0 radical (unpaired) electrons. The van der Waals surface area contributed by atoms with Gasteiger partial charge in [0.05, 0.1) is 24.5 Å². The van der Waals surface area contributed by atoms with E-state index in [-0.39, 0.29) is 30.7 Å². The number of imide groups is 1. The predicted octanol–water partition coefficient (Wildman–Crippen LogP) is 0.938. The minimum Gasteiger partial charge on any atom is -0.395 e. The lowest BCUT2D eigenvalue weighted by Gasteiger charge is -2.16. The van der Waals surface area contributed by atoms with Gasteiger partial charge in [-0.2, -0.15) is 0 Å². The van der Waals surface area contributed by atoms with Crippen molar-refractivity contribution in [2.75, 3.05) is 23.8 Å². The molecular weight excluding hydrogens is 298 g/mol. The third-order valence-corrected chi connectivity index (χ3v) is 3.31. The first-order valence-corrected chi connectivity index (χ1v) is 7.29. The maximum Gasteiger partial charge on any atom is 0.277 e. The number of aliphatic hydroxyl groups excluding tert-OH is 1. The number of rotatable bonds is 6. The molecule has 23 heavy (non-hydrogen) atoms. The molecule has 1 aromatic rings. The van der Waals surface area contributed by atoms with Crippen LogP contribution in [0.5, 0.6) is 0 Å². The van der Waals surface area contributed by atoms with Crippen molar-refractivity contribution in [3.8, 4) is 0 Å². The maximum absolute atomic E-state index is 12.1. The van der Waals surface area contributed by atoms with Crippen LogP contribution >= 0.6 is 0 Å². The molecule has 7 nitrogen and oxygen atoms in total. The Balaban J connectivity index is 2.18. The zero-order valence-corrected chi connectivity index (χ0v) is 13.0. The van der Waals surface area contributed by atoms with Crippen LogP contribution in [0.1, 0.15) is 13.8 Å². The van der Waals surface area contributed by atoms with Gasteiger partial charge in [0.2, 0.25) is 5.91 Å². The van der Waals surface area contributed by atoms with E-state index in [0.717, 1.165) is 4.90 Å². The molecule has 0 atom stereocenters. The Morgan fingerprint density at radius 2 is 1.87 bits per heavy atom. The summed E-state index contributed by atoms with van der Waals surface area (Å²) in [6, 6.07) is 6.91. The van der Waals surface area contributed by atoms with Gasteiger partial charge in [0.15, 0.2) is 0 Å². The van der Waals surface area contributed by atoms with Crippen LogP contribution in [0.3, 0.4) is 0 Å². The molecule has 1 heterocycles. The van der Waals surface area contributed by atoms with E-state index in [1.54, 1.807) is 38.1 Å². The van der Waals surface area contributed by atoms with Gasteiger partial charge in [-0.3, -0.25) is 19.3 Å². The second-order valence-corrected chi connectivity index (χ2v) is 5.39. The van der Waals surface area contributed by atoms with E-state index in [4.69, 9.17) is 5.11 Å². The molecule has 1 aliphatic rings. The van der Waals surface area contributed by atoms with Crippen LogP contribution in [0.25, 0.3) is 0 Å². The van der Waals surface area contributed by atoms with E-state index in [1.165, 1.54) is 6.08 Å². The molecule has 3 N–H and O–H groups in total. The van der Waals surface area contributed by atoms with Crippen molar-refractivity contribution in [1.29, 1.82) is 0 Å². The molecule has 2 rings (SSSR count). The van der Waals surface area contributed by atoms with Crippen LogP contribution in [0.15, 0.2) is 36.0 Å². The summed E-state index contributed by atoms with van der Waals surface area (Å²) < 4.78 is 0. The highest BCUT2D eigenvalue weighted by Crippen LogP contribution is 2.25. The average Bonchev–Trinajstić information content (AvgIpc) is 2.77. The highest BCUT2D eigenvalue weighted by atomic mass is 16.3. The Hall–Kier alpha value is -2.67. The van der Waals surface area contributed by atoms with Gasteiger partial charge in [0, 0.05) is 12.0 Å². The summed E-state index contributed by atoms with van der Waals surface area (Å²) in [5.41, 5.74) is 1.14. The molecule has 0 bridgehead atoms. The molecule has 0 unspecified atom stereocenters. The van der Waals surface area contributed by atoms with Gasteiger partial charge in [0.1, 0.15) is 5.70 Å². The molecule has 0 aliphatic carbocycles. The number of amides is 3. The molecule has 0 saturated carbocycles. The van der Waals surface area contributed by atoms with Gasteiger partial charge >= 0.3 is 0 Å². The second kappa shape index (κ2) is 7.06. The topological polar surface area (TPSA) is 98.7 Å². The van der Waals surface area contributed by atoms with Crippen molar-refractivity contribution in [2.45, 2.75) is 13.8 Å². The zero-order valence-electron chi connectivity index (χ0n) is 13.0. The summed E-state index contributed by atoms with van der Waals surface area (Å²) in [6.07, 6.45) is 1.18. The molecule has 0 spiro atoms. The quantitative estimate of drug-likeness (QED) is 0.678. The number of carbonyl (C=O) groups excluding carboxylic acids is 3. The molecule has 0 saturated heterocycles. The molecule has 122 valence electrons. The summed E-state index contributed by atoms with van der Waals surface area (Å²) in [5, 5.41) is 14.5. The summed E-state index contributed by atoms with van der Waals surface area (Å²) in [4.78, 5) is 36.7. The fourth-order valence-electron chi connectivity index (χ4n) is 2.03. The average molecular weight is 317 g/mol. The van der Waals surface area contributed by atoms with Crippen LogP contribution in [0.2, 0.25) is 0 Å². The largest absolute Gasteiger partial charge is 0.395 e. The Morgan fingerprint density at radius 1 is 1.22 bits per heavy atom. The van der Waals surface area contributed by atoms with Crippen molar-refractivity contribution < 1.29 is 19.5 Å². The van der Waals surface area contributed by atoms with Crippen molar-refractivity contribution >= 4 is 29.1 Å². The van der Waals surface area contributed by atoms with Crippen molar-refractivity contribution in [1.82, 2.24) is 4.90 Å². The third kappa shape index (κ3) is 3.75. The molecular formula is C16H19N3O4. The van der Waals surface area contributed by atoms with E-state index in [1.807, 2.05) is 0 Å². The minimum atomic E-state index is -0.506. The van der Waals surface area contributed by atoms with Crippen LogP contribution in [-0.4, -0.2) is 40.9 Å². The number of nitrogens with zero attached hydrogens (tertiary/aromatic N) is 1. The van der Waals surface area contributed by atoms with Crippen LogP contribution in [-0.2, 0) is 14.4 Å². The van der Waals surface area contributed by atoms with E-state index in [9.17, 15) is 14.4 Å². The number of para-hydroxylation sites is 2. The summed E-state index contributed by atoms with van der Waals surface area (Å²) in [7, 11) is 0. The minimum absolute atomic E-state index is 0.0505. The van der Waals surface area contributed by atoms with Crippen LogP contribution in [0, 0.1) is 5.92 Å². The molecule has 0 aromatic heterocycles. The Kier molecular flexibility index (Phi) is 5.13. The third-order valence-electron chi connectivity index (χ3n) is 3.31. The SMILES string of the molecule is CC(C)C(=O)Nc1ccccc1NC1=CC(=O)N(CCO)C1=O. The highest BCUT2D eigenvalue weighted by Gasteiger charge is 2.30. The maximum atomic E-state index is 12.1. The van der Waals surface area contributed by atoms with Gasteiger partial charge < -0.3 is 15.7 Å². The highest BCUT2D eigenvalue weighted by molar-refractivity contribution is 6.17. The number of hydrogen-bond donors (Lipinski definition) is 3. The summed E-state index contributed by atoms with van der Waals surface area (Å²) in [6.45, 7) is 3.21. The van der Waals surface area contributed by atoms with Gasteiger partial charge in [-0.25, -0.2) is 0 Å². The lowest BCUT2D eigenvalue weighted by atomic mass is 10.2. The zero-order chi connectivity index (χ0) is 17.0. The van der Waals surface area contributed by atoms with Gasteiger partial charge in [-0.05, 0) is 12.1 Å². The Morgan fingerprint density at radius 3 is 2.48 bits per heavy atom. The normalized spacial score (nSPS) is 14.3. The predicted molar refractivity (Wildman–Crippen MR) is 85.4 cm³/mol. The van der Waals surface area contributed by atoms with E-state index < -0.39 is 11.8 Å². The van der Waals surface area contributed by atoms with Crippen LogP contribution < -0.4 is 10.6 Å². The molecule has 7 heteroatoms. The number of nitrogens with one attached hydrogen (secondary N) is 2. The first-order valence-electron chi connectivity index (χ1n) is 7.29. The summed E-state index contributed by atoms with van der Waals surface area (Å²) >= 11 is 0. The van der Waals surface area contributed by atoms with Crippen molar-refractivity contribution in [3.05, 3.63) is 36.0 Å². The lowest BCUT2D eigenvalue weighted by molar-refractivity contribution is -0.137. The summed E-state index contributed by atoms with van der Waals surface area (Å²) in [5.74, 6) is -1.31. The van der Waals surface area contributed by atoms with Gasteiger partial charge in [-0.1, -0.05) is 26.0 Å². The Bertz CT molecular complexity index is 667. The van der Waals surface area contributed by atoms with Gasteiger partial charge in [-0.15, -0.1) is 0 Å². The first kappa shape index (κ1) is 16.7. The smallest absolute Gasteiger partial charge is 0.277 e. The fraction of sp³-hybridized carbons (Fsp3) is 0.312.